The lowest BCUT2D eigenvalue weighted by Crippen LogP contribution is -2.47. The van der Waals surface area contributed by atoms with E-state index in [2.05, 4.69) is 10.3 Å². The molecule has 1 amide bonds. The number of nitrogens with zero attached hydrogens (tertiary/aromatic N) is 4. The van der Waals surface area contributed by atoms with Gasteiger partial charge in [-0.25, -0.2) is 14.8 Å². The molecule has 4 rings (SSSR count). The number of piperidine rings is 1. The van der Waals surface area contributed by atoms with Gasteiger partial charge in [0.2, 0.25) is 0 Å². The van der Waals surface area contributed by atoms with E-state index in [-0.39, 0.29) is 12.1 Å². The number of likely N-dealkylation sites (tertiary alicyclic amines) is 1. The van der Waals surface area contributed by atoms with Crippen LogP contribution < -0.4 is 5.32 Å². The third-order valence-corrected chi connectivity index (χ3v) is 4.86. The molecule has 3 heterocycles. The van der Waals surface area contributed by atoms with Gasteiger partial charge in [0.25, 0.3) is 0 Å². The van der Waals surface area contributed by atoms with Crippen molar-refractivity contribution in [1.82, 2.24) is 19.4 Å². The molecule has 1 aromatic carbocycles. The van der Waals surface area contributed by atoms with Gasteiger partial charge in [-0.1, -0.05) is 18.2 Å². The Morgan fingerprint density at radius 2 is 2.00 bits per heavy atom. The van der Waals surface area contributed by atoms with Crippen LogP contribution in [0.2, 0.25) is 0 Å². The van der Waals surface area contributed by atoms with Crippen LogP contribution in [0.5, 0.6) is 0 Å². The van der Waals surface area contributed by atoms with Crippen LogP contribution in [0.25, 0.3) is 16.9 Å². The summed E-state index contributed by atoms with van der Waals surface area (Å²) < 4.78 is 7.50. The van der Waals surface area contributed by atoms with Gasteiger partial charge in [0.15, 0.2) is 0 Å². The van der Waals surface area contributed by atoms with Gasteiger partial charge in [0, 0.05) is 19.1 Å². The number of amides is 1. The van der Waals surface area contributed by atoms with Crippen molar-refractivity contribution in [3.8, 4) is 5.82 Å². The van der Waals surface area contributed by atoms with Crippen molar-refractivity contribution in [1.29, 1.82) is 0 Å². The number of nitrogens with one attached hydrogen (secondary N) is 1. The number of ether oxygens (including phenoxy) is 1. The van der Waals surface area contributed by atoms with E-state index in [0.29, 0.717) is 6.54 Å². The predicted molar refractivity (Wildman–Crippen MR) is 113 cm³/mol. The van der Waals surface area contributed by atoms with Crippen LogP contribution in [0.15, 0.2) is 48.8 Å². The van der Waals surface area contributed by atoms with Crippen LogP contribution in [0, 0.1) is 0 Å². The molecule has 2 aromatic heterocycles. The lowest BCUT2D eigenvalue weighted by atomic mass is 10.1. The molecule has 1 aliphatic rings. The third kappa shape index (κ3) is 4.50. The number of para-hydroxylation sites is 2. The zero-order valence-electron chi connectivity index (χ0n) is 17.1. The van der Waals surface area contributed by atoms with E-state index in [1.165, 1.54) is 0 Å². The first-order valence-corrected chi connectivity index (χ1v) is 10.0. The summed E-state index contributed by atoms with van der Waals surface area (Å²) >= 11 is 0. The fraction of sp³-hybridized carbons (Fsp3) is 0.409. The summed E-state index contributed by atoms with van der Waals surface area (Å²) in [5, 5.41) is 3.48. The molecule has 0 aliphatic carbocycles. The molecular weight excluding hydrogens is 366 g/mol. The quantitative estimate of drug-likeness (QED) is 0.721. The van der Waals surface area contributed by atoms with Gasteiger partial charge in [0.1, 0.15) is 23.6 Å². The molecule has 3 aromatic rings. The molecule has 1 saturated heterocycles. The summed E-state index contributed by atoms with van der Waals surface area (Å²) in [7, 11) is 0. The van der Waals surface area contributed by atoms with Crippen LogP contribution >= 0.6 is 0 Å². The average Bonchev–Trinajstić information content (AvgIpc) is 3.11. The molecule has 29 heavy (non-hydrogen) atoms. The summed E-state index contributed by atoms with van der Waals surface area (Å²) in [5.41, 5.74) is 1.47. The number of fused-ring (bicyclic) bond motifs is 1. The second-order valence-electron chi connectivity index (χ2n) is 8.39. The molecule has 1 atom stereocenters. The van der Waals surface area contributed by atoms with Crippen molar-refractivity contribution in [3.05, 3.63) is 48.8 Å². The Bertz CT molecular complexity index is 1010. The first kappa shape index (κ1) is 19.2. The van der Waals surface area contributed by atoms with Gasteiger partial charge in [-0.05, 0) is 57.9 Å². The minimum Gasteiger partial charge on any atom is -0.444 e. The molecule has 1 unspecified atom stereocenters. The fourth-order valence-electron chi connectivity index (χ4n) is 3.58. The summed E-state index contributed by atoms with van der Waals surface area (Å²) in [5.74, 6) is 1.60. The molecule has 1 N–H and O–H groups in total. The number of pyridine rings is 1. The van der Waals surface area contributed by atoms with Crippen molar-refractivity contribution >= 4 is 22.9 Å². The van der Waals surface area contributed by atoms with Gasteiger partial charge in [-0.3, -0.25) is 4.57 Å². The Hall–Kier alpha value is -3.09. The highest BCUT2D eigenvalue weighted by molar-refractivity contribution is 5.76. The van der Waals surface area contributed by atoms with E-state index in [0.717, 1.165) is 42.1 Å². The Labute approximate surface area is 170 Å². The normalized spacial score (nSPS) is 17.3. The Balaban J connectivity index is 1.47. The zero-order valence-corrected chi connectivity index (χ0v) is 17.1. The number of hydrogen-bond acceptors (Lipinski definition) is 5. The number of rotatable bonds is 3. The molecule has 0 spiro atoms. The van der Waals surface area contributed by atoms with Gasteiger partial charge in [-0.2, -0.15) is 0 Å². The summed E-state index contributed by atoms with van der Waals surface area (Å²) in [6.45, 7) is 7.00. The van der Waals surface area contributed by atoms with E-state index >= 15 is 0 Å². The van der Waals surface area contributed by atoms with Crippen LogP contribution in [0.4, 0.5) is 10.6 Å². The van der Waals surface area contributed by atoms with Crippen molar-refractivity contribution in [2.45, 2.75) is 45.3 Å². The lowest BCUT2D eigenvalue weighted by Gasteiger charge is -2.34. The van der Waals surface area contributed by atoms with Crippen LogP contribution in [-0.2, 0) is 4.74 Å². The van der Waals surface area contributed by atoms with Crippen molar-refractivity contribution in [2.75, 3.05) is 18.4 Å². The zero-order chi connectivity index (χ0) is 20.4. The van der Waals surface area contributed by atoms with Gasteiger partial charge >= 0.3 is 6.09 Å². The highest BCUT2D eigenvalue weighted by Crippen LogP contribution is 2.20. The number of aromatic nitrogens is 3. The highest BCUT2D eigenvalue weighted by Gasteiger charge is 2.27. The van der Waals surface area contributed by atoms with Gasteiger partial charge < -0.3 is 15.0 Å². The number of hydrogen-bond donors (Lipinski definition) is 1. The fourth-order valence-corrected chi connectivity index (χ4v) is 3.58. The first-order chi connectivity index (χ1) is 13.9. The smallest absolute Gasteiger partial charge is 0.410 e. The number of carbonyl (C=O) groups excluding carboxylic acids is 1. The van der Waals surface area contributed by atoms with E-state index in [1.54, 1.807) is 11.2 Å². The molecule has 7 nitrogen and oxygen atoms in total. The minimum absolute atomic E-state index is 0.138. The maximum absolute atomic E-state index is 12.4. The lowest BCUT2D eigenvalue weighted by molar-refractivity contribution is 0.0206. The maximum Gasteiger partial charge on any atom is 0.410 e. The van der Waals surface area contributed by atoms with Crippen molar-refractivity contribution in [2.24, 2.45) is 0 Å². The summed E-state index contributed by atoms with van der Waals surface area (Å²) in [4.78, 5) is 23.4. The molecule has 1 fully saturated rings. The summed E-state index contributed by atoms with van der Waals surface area (Å²) in [6.07, 6.45) is 3.46. The molecule has 1 aliphatic heterocycles. The standard InChI is InChI=1S/C22H27N5O2/c1-22(2,3)29-21(28)26-13-7-8-16(14-26)24-19-11-6-12-20(25-19)27-15-23-17-9-4-5-10-18(17)27/h4-6,9-12,15-16H,7-8,13-14H2,1-3H3,(H,24,25). The molecule has 152 valence electrons. The second-order valence-corrected chi connectivity index (χ2v) is 8.39. The molecular formula is C22H27N5O2. The Morgan fingerprint density at radius 1 is 1.17 bits per heavy atom. The SMILES string of the molecule is CC(C)(C)OC(=O)N1CCCC(Nc2cccc(-n3cnc4ccccc43)n2)C1. The van der Waals surface area contributed by atoms with Gasteiger partial charge in [0.05, 0.1) is 11.0 Å². The third-order valence-electron chi connectivity index (χ3n) is 4.86. The summed E-state index contributed by atoms with van der Waals surface area (Å²) in [6, 6.07) is 14.0. The van der Waals surface area contributed by atoms with E-state index in [9.17, 15) is 4.79 Å². The predicted octanol–water partition coefficient (Wildman–Crippen LogP) is 4.23. The first-order valence-electron chi connectivity index (χ1n) is 10.0. The van der Waals surface area contributed by atoms with Crippen LogP contribution in [0.1, 0.15) is 33.6 Å². The van der Waals surface area contributed by atoms with Gasteiger partial charge in [-0.15, -0.1) is 0 Å². The topological polar surface area (TPSA) is 72.3 Å². The number of carbonyl (C=O) groups is 1. The Morgan fingerprint density at radius 3 is 2.83 bits per heavy atom. The monoisotopic (exact) mass is 393 g/mol. The largest absolute Gasteiger partial charge is 0.444 e. The minimum atomic E-state index is -0.485. The molecule has 0 bridgehead atoms. The molecule has 0 saturated carbocycles. The van der Waals surface area contributed by atoms with E-state index in [4.69, 9.17) is 9.72 Å². The molecule has 7 heteroatoms. The van der Waals surface area contributed by atoms with E-state index < -0.39 is 5.60 Å². The van der Waals surface area contributed by atoms with E-state index in [1.807, 2.05) is 67.8 Å². The number of imidazole rings is 1. The number of anilines is 1. The molecule has 0 radical (unpaired) electrons. The average molecular weight is 393 g/mol. The Kier molecular flexibility index (Phi) is 5.13. The number of benzene rings is 1. The highest BCUT2D eigenvalue weighted by atomic mass is 16.6. The second kappa shape index (κ2) is 7.73. The van der Waals surface area contributed by atoms with Crippen molar-refractivity contribution in [3.63, 3.8) is 0 Å². The maximum atomic E-state index is 12.4. The van der Waals surface area contributed by atoms with Crippen molar-refractivity contribution < 1.29 is 9.53 Å². The van der Waals surface area contributed by atoms with Crippen LogP contribution in [-0.4, -0.2) is 50.3 Å². The van der Waals surface area contributed by atoms with Crippen LogP contribution in [0.3, 0.4) is 0 Å².